The number of nitrogens with one attached hydrogen (secondary N) is 2. The number of pyridine rings is 1. The van der Waals surface area contributed by atoms with Gasteiger partial charge < -0.3 is 10.6 Å². The van der Waals surface area contributed by atoms with Crippen LogP contribution >= 0.6 is 0 Å². The van der Waals surface area contributed by atoms with Gasteiger partial charge in [0.1, 0.15) is 5.82 Å². The van der Waals surface area contributed by atoms with E-state index in [1.165, 1.54) is 12.1 Å². The van der Waals surface area contributed by atoms with E-state index < -0.39 is 17.6 Å². The summed E-state index contributed by atoms with van der Waals surface area (Å²) in [4.78, 5) is 4.25. The summed E-state index contributed by atoms with van der Waals surface area (Å²) in [6.45, 7) is 9.80. The van der Waals surface area contributed by atoms with Crippen LogP contribution in [0.4, 0.5) is 29.1 Å². The smallest absolute Gasteiger partial charge is 0.338 e. The summed E-state index contributed by atoms with van der Waals surface area (Å²) in [5.74, 6) is -0.314. The van der Waals surface area contributed by atoms with Crippen molar-refractivity contribution in [2.75, 3.05) is 11.9 Å². The van der Waals surface area contributed by atoms with Gasteiger partial charge in [-0.2, -0.15) is 13.2 Å². The minimum absolute atomic E-state index is 0.191. The van der Waals surface area contributed by atoms with Gasteiger partial charge in [0.25, 0.3) is 0 Å². The number of halogens is 4. The highest BCUT2D eigenvalue weighted by molar-refractivity contribution is 5.59. The zero-order valence-corrected chi connectivity index (χ0v) is 15.9. The molecule has 0 radical (unpaired) electrons. The maximum Gasteiger partial charge on any atom is 0.419 e. The molecule has 148 valence electrons. The Morgan fingerprint density at radius 2 is 1.81 bits per heavy atom. The molecule has 0 fully saturated rings. The maximum absolute atomic E-state index is 14.2. The van der Waals surface area contributed by atoms with Crippen LogP contribution in [-0.4, -0.2) is 11.5 Å². The molecule has 2 rings (SSSR count). The third-order valence-corrected chi connectivity index (χ3v) is 4.08. The van der Waals surface area contributed by atoms with Gasteiger partial charge in [0.2, 0.25) is 0 Å². The van der Waals surface area contributed by atoms with E-state index in [1.54, 1.807) is 12.3 Å². The molecule has 27 heavy (non-hydrogen) atoms. The van der Waals surface area contributed by atoms with Crippen LogP contribution in [0, 0.1) is 11.7 Å². The number of rotatable bonds is 7. The second-order valence-corrected chi connectivity index (χ2v) is 7.24. The fourth-order valence-corrected chi connectivity index (χ4v) is 2.73. The van der Waals surface area contributed by atoms with E-state index in [0.717, 1.165) is 23.7 Å². The summed E-state index contributed by atoms with van der Waals surface area (Å²) in [5, 5.41) is 6.03. The summed E-state index contributed by atoms with van der Waals surface area (Å²) in [6.07, 6.45) is -3.07. The van der Waals surface area contributed by atoms with Gasteiger partial charge in [-0.1, -0.05) is 33.8 Å². The molecule has 1 aromatic carbocycles. The molecule has 3 nitrogen and oxygen atoms in total. The molecule has 0 unspecified atom stereocenters. The lowest BCUT2D eigenvalue weighted by Gasteiger charge is -2.17. The van der Waals surface area contributed by atoms with E-state index in [1.807, 2.05) is 13.8 Å². The number of aromatic nitrogens is 1. The molecule has 1 heterocycles. The Bertz CT molecular complexity index is 770. The van der Waals surface area contributed by atoms with E-state index in [0.29, 0.717) is 18.3 Å². The Kier molecular flexibility index (Phi) is 6.81. The number of hydrogen-bond acceptors (Lipinski definition) is 3. The molecule has 0 saturated carbocycles. The first-order valence-corrected chi connectivity index (χ1v) is 8.91. The molecule has 0 amide bonds. The first kappa shape index (κ1) is 21.2. The molecule has 0 aliphatic carbocycles. The van der Waals surface area contributed by atoms with Crippen LogP contribution in [0.1, 0.15) is 50.3 Å². The van der Waals surface area contributed by atoms with Crippen LogP contribution < -0.4 is 10.6 Å². The molecule has 1 aromatic heterocycles. The highest BCUT2D eigenvalue weighted by atomic mass is 19.4. The third kappa shape index (κ3) is 5.66. The summed E-state index contributed by atoms with van der Waals surface area (Å²) < 4.78 is 52.8. The summed E-state index contributed by atoms with van der Waals surface area (Å²) >= 11 is 0. The molecular weight excluding hydrogens is 358 g/mol. The Morgan fingerprint density at radius 3 is 2.41 bits per heavy atom. The van der Waals surface area contributed by atoms with Gasteiger partial charge in [-0.05, 0) is 47.7 Å². The lowest BCUT2D eigenvalue weighted by atomic mass is 9.98. The molecule has 7 heteroatoms. The van der Waals surface area contributed by atoms with Crippen molar-refractivity contribution in [3.63, 3.8) is 0 Å². The molecule has 0 aliphatic heterocycles. The fourth-order valence-electron chi connectivity index (χ4n) is 2.73. The number of hydrogen-bond donors (Lipinski definition) is 2. The number of anilines is 2. The minimum atomic E-state index is -4.75. The standard InChI is InChI=1S/C20H25F4N3/c1-12(2)9-25-10-14-11-26-18(8-15(14)13(3)4)27-17-7-5-6-16(19(17)21)20(22,23)24/h5-8,11-13,25H,9-10H2,1-4H3,(H,26,27). The van der Waals surface area contributed by atoms with Crippen molar-refractivity contribution in [3.8, 4) is 0 Å². The van der Waals surface area contributed by atoms with Crippen molar-refractivity contribution in [1.82, 2.24) is 10.3 Å². The number of benzene rings is 1. The van der Waals surface area contributed by atoms with E-state index in [-0.39, 0.29) is 11.6 Å². The molecule has 0 aliphatic rings. The lowest BCUT2D eigenvalue weighted by molar-refractivity contribution is -0.139. The molecular formula is C20H25F4N3. The van der Waals surface area contributed by atoms with E-state index in [9.17, 15) is 17.6 Å². The first-order chi connectivity index (χ1) is 12.6. The second-order valence-electron chi connectivity index (χ2n) is 7.24. The van der Waals surface area contributed by atoms with Crippen molar-refractivity contribution in [3.05, 3.63) is 53.0 Å². The number of alkyl halides is 3. The first-order valence-electron chi connectivity index (χ1n) is 8.91. The third-order valence-electron chi connectivity index (χ3n) is 4.08. The maximum atomic E-state index is 14.2. The average molecular weight is 383 g/mol. The molecule has 0 bridgehead atoms. The van der Waals surface area contributed by atoms with Crippen molar-refractivity contribution in [2.45, 2.75) is 46.3 Å². The van der Waals surface area contributed by atoms with Crippen LogP contribution in [0.15, 0.2) is 30.5 Å². The Labute approximate surface area is 157 Å². The van der Waals surface area contributed by atoms with Crippen LogP contribution in [0.2, 0.25) is 0 Å². The zero-order valence-electron chi connectivity index (χ0n) is 15.9. The highest BCUT2D eigenvalue weighted by Gasteiger charge is 2.34. The summed E-state index contributed by atoms with van der Waals surface area (Å²) in [6, 6.07) is 4.91. The predicted molar refractivity (Wildman–Crippen MR) is 99.6 cm³/mol. The monoisotopic (exact) mass is 383 g/mol. The molecule has 2 aromatic rings. The van der Waals surface area contributed by atoms with Gasteiger partial charge in [-0.15, -0.1) is 0 Å². The predicted octanol–water partition coefficient (Wildman–Crippen LogP) is 5.85. The van der Waals surface area contributed by atoms with Crippen LogP contribution in [0.25, 0.3) is 0 Å². The SMILES string of the molecule is CC(C)CNCc1cnc(Nc2cccc(C(F)(F)F)c2F)cc1C(C)C. The molecule has 2 N–H and O–H groups in total. The quantitative estimate of drug-likeness (QED) is 0.589. The van der Waals surface area contributed by atoms with E-state index in [4.69, 9.17) is 0 Å². The van der Waals surface area contributed by atoms with Crippen molar-refractivity contribution in [1.29, 1.82) is 0 Å². The van der Waals surface area contributed by atoms with E-state index in [2.05, 4.69) is 29.5 Å². The highest BCUT2D eigenvalue weighted by Crippen LogP contribution is 2.34. The minimum Gasteiger partial charge on any atom is -0.338 e. The van der Waals surface area contributed by atoms with E-state index >= 15 is 0 Å². The van der Waals surface area contributed by atoms with Crippen molar-refractivity contribution >= 4 is 11.5 Å². The Balaban J connectivity index is 2.26. The van der Waals surface area contributed by atoms with Gasteiger partial charge in [0.05, 0.1) is 11.3 Å². The Morgan fingerprint density at radius 1 is 1.11 bits per heavy atom. The molecule has 0 spiro atoms. The van der Waals surface area contributed by atoms with Crippen LogP contribution in [-0.2, 0) is 12.7 Å². The van der Waals surface area contributed by atoms with Gasteiger partial charge in [-0.3, -0.25) is 0 Å². The number of nitrogens with zero attached hydrogens (tertiary/aromatic N) is 1. The largest absolute Gasteiger partial charge is 0.419 e. The van der Waals surface area contributed by atoms with Gasteiger partial charge in [-0.25, -0.2) is 9.37 Å². The zero-order chi connectivity index (χ0) is 20.2. The van der Waals surface area contributed by atoms with Crippen molar-refractivity contribution in [2.24, 2.45) is 5.92 Å². The van der Waals surface area contributed by atoms with Gasteiger partial charge in [0.15, 0.2) is 5.82 Å². The van der Waals surface area contributed by atoms with Gasteiger partial charge >= 0.3 is 6.18 Å². The Hall–Kier alpha value is -2.15. The fraction of sp³-hybridized carbons (Fsp3) is 0.450. The summed E-state index contributed by atoms with van der Waals surface area (Å²) in [7, 11) is 0. The van der Waals surface area contributed by atoms with Crippen LogP contribution in [0.5, 0.6) is 0 Å². The molecule has 0 atom stereocenters. The van der Waals surface area contributed by atoms with Crippen molar-refractivity contribution < 1.29 is 17.6 Å². The normalized spacial score (nSPS) is 12.1. The summed E-state index contributed by atoms with van der Waals surface area (Å²) in [5.41, 5.74) is 0.473. The topological polar surface area (TPSA) is 37.0 Å². The average Bonchev–Trinajstić information content (AvgIpc) is 2.56. The molecule has 0 saturated heterocycles. The van der Waals surface area contributed by atoms with Gasteiger partial charge in [0, 0.05) is 12.7 Å². The van der Waals surface area contributed by atoms with Crippen LogP contribution in [0.3, 0.4) is 0 Å². The lowest BCUT2D eigenvalue weighted by Crippen LogP contribution is -2.20. The second kappa shape index (κ2) is 8.69.